The molecule has 1 N–H and O–H groups in total. The average molecular weight is 265 g/mol. The van der Waals surface area contributed by atoms with Crippen molar-refractivity contribution < 1.29 is 9.53 Å². The van der Waals surface area contributed by atoms with E-state index in [1.54, 1.807) is 0 Å². The topological polar surface area (TPSA) is 42.1 Å². The van der Waals surface area contributed by atoms with E-state index in [-0.39, 0.29) is 5.97 Å². The quantitative estimate of drug-likeness (QED) is 0.713. The molecule has 0 saturated heterocycles. The number of rotatable bonds is 2. The van der Waals surface area contributed by atoms with Gasteiger partial charge in [0.15, 0.2) is 0 Å². The third-order valence-electron chi connectivity index (χ3n) is 3.48. The smallest absolute Gasteiger partial charge is 0.355 e. The molecule has 1 aromatic heterocycles. The number of nitrogens with one attached hydrogen (secondary N) is 1. The van der Waals surface area contributed by atoms with Gasteiger partial charge in [-0.1, -0.05) is 42.5 Å². The predicted molar refractivity (Wildman–Crippen MR) is 79.8 cm³/mol. The molecule has 0 atom stereocenters. The minimum absolute atomic E-state index is 0.348. The van der Waals surface area contributed by atoms with Gasteiger partial charge in [-0.15, -0.1) is 0 Å². The largest absolute Gasteiger partial charge is 0.464 e. The van der Waals surface area contributed by atoms with Gasteiger partial charge in [-0.2, -0.15) is 0 Å². The molecule has 0 fully saturated rings. The summed E-state index contributed by atoms with van der Waals surface area (Å²) in [6.45, 7) is 2.05. The van der Waals surface area contributed by atoms with Crippen molar-refractivity contribution in [3.05, 3.63) is 59.8 Å². The van der Waals surface area contributed by atoms with E-state index in [0.29, 0.717) is 5.69 Å². The van der Waals surface area contributed by atoms with E-state index >= 15 is 0 Å². The maximum Gasteiger partial charge on any atom is 0.355 e. The van der Waals surface area contributed by atoms with Gasteiger partial charge in [0, 0.05) is 16.5 Å². The fraction of sp³-hybridized carbons (Fsp3) is 0.118. The zero-order valence-corrected chi connectivity index (χ0v) is 11.4. The summed E-state index contributed by atoms with van der Waals surface area (Å²) in [5.74, 6) is -0.348. The second-order valence-electron chi connectivity index (χ2n) is 4.73. The Morgan fingerprint density at radius 2 is 1.80 bits per heavy atom. The first kappa shape index (κ1) is 12.5. The molecule has 3 heteroatoms. The maximum atomic E-state index is 12.0. The molecule has 0 spiro atoms. The van der Waals surface area contributed by atoms with Crippen molar-refractivity contribution in [2.45, 2.75) is 6.92 Å². The first-order valence-corrected chi connectivity index (χ1v) is 6.47. The number of ether oxygens (including phenoxy) is 1. The Morgan fingerprint density at radius 3 is 2.50 bits per heavy atom. The number of hydrogen-bond acceptors (Lipinski definition) is 2. The molecule has 0 aliphatic rings. The van der Waals surface area contributed by atoms with Crippen LogP contribution in [0.1, 0.15) is 16.1 Å². The van der Waals surface area contributed by atoms with Gasteiger partial charge >= 0.3 is 5.97 Å². The highest BCUT2D eigenvalue weighted by Crippen LogP contribution is 2.34. The van der Waals surface area contributed by atoms with Gasteiger partial charge in [-0.05, 0) is 24.1 Å². The highest BCUT2D eigenvalue weighted by molar-refractivity contribution is 6.09. The van der Waals surface area contributed by atoms with E-state index in [1.165, 1.54) is 7.11 Å². The molecule has 3 nitrogen and oxygen atoms in total. The Morgan fingerprint density at radius 1 is 1.05 bits per heavy atom. The number of H-pyrrole nitrogens is 1. The molecule has 1 heterocycles. The summed E-state index contributed by atoms with van der Waals surface area (Å²) < 4.78 is 4.90. The maximum absolute atomic E-state index is 12.0. The van der Waals surface area contributed by atoms with Crippen molar-refractivity contribution >= 4 is 16.9 Å². The van der Waals surface area contributed by atoms with Crippen LogP contribution in [0, 0.1) is 6.92 Å². The van der Waals surface area contributed by atoms with Crippen LogP contribution in [-0.2, 0) is 4.74 Å². The monoisotopic (exact) mass is 265 g/mol. The number of fused-ring (bicyclic) bond motifs is 1. The number of aryl methyl sites for hydroxylation is 1. The normalized spacial score (nSPS) is 10.7. The van der Waals surface area contributed by atoms with Crippen molar-refractivity contribution in [3.63, 3.8) is 0 Å². The van der Waals surface area contributed by atoms with Gasteiger partial charge in [0.2, 0.25) is 0 Å². The summed E-state index contributed by atoms with van der Waals surface area (Å²) in [4.78, 5) is 15.2. The molecule has 3 aromatic rings. The van der Waals surface area contributed by atoms with Gasteiger partial charge in [0.1, 0.15) is 5.69 Å². The number of hydrogen-bond donors (Lipinski definition) is 1. The molecule has 0 bridgehead atoms. The van der Waals surface area contributed by atoms with Crippen LogP contribution in [-0.4, -0.2) is 18.1 Å². The van der Waals surface area contributed by atoms with Gasteiger partial charge in [-0.3, -0.25) is 0 Å². The summed E-state index contributed by atoms with van der Waals surface area (Å²) >= 11 is 0. The molecule has 20 heavy (non-hydrogen) atoms. The third-order valence-corrected chi connectivity index (χ3v) is 3.48. The van der Waals surface area contributed by atoms with Crippen LogP contribution >= 0.6 is 0 Å². The Balaban J connectivity index is 2.40. The van der Waals surface area contributed by atoms with E-state index in [1.807, 2.05) is 55.5 Å². The molecule has 0 unspecified atom stereocenters. The minimum Gasteiger partial charge on any atom is -0.464 e. The van der Waals surface area contributed by atoms with Gasteiger partial charge in [0.05, 0.1) is 7.11 Å². The number of aromatic amines is 1. The molecular formula is C17H15NO2. The van der Waals surface area contributed by atoms with Crippen LogP contribution in [0.4, 0.5) is 0 Å². The van der Waals surface area contributed by atoms with Crippen molar-refractivity contribution in [1.29, 1.82) is 0 Å². The van der Waals surface area contributed by atoms with Crippen LogP contribution in [0.3, 0.4) is 0 Å². The lowest BCUT2D eigenvalue weighted by Gasteiger charge is -2.05. The zero-order chi connectivity index (χ0) is 14.1. The summed E-state index contributed by atoms with van der Waals surface area (Å²) in [5, 5.41) is 1.07. The molecule has 0 aliphatic heterocycles. The van der Waals surface area contributed by atoms with Crippen LogP contribution in [0.2, 0.25) is 0 Å². The van der Waals surface area contributed by atoms with Crippen molar-refractivity contribution in [2.75, 3.05) is 7.11 Å². The first-order chi connectivity index (χ1) is 9.72. The summed E-state index contributed by atoms with van der Waals surface area (Å²) in [6, 6.07) is 15.9. The summed E-state index contributed by atoms with van der Waals surface area (Å²) in [6.07, 6.45) is 0. The SMILES string of the molecule is COC(=O)c1[nH]c2cccc(C)c2c1-c1ccccc1. The Hall–Kier alpha value is -2.55. The van der Waals surface area contributed by atoms with Gasteiger partial charge < -0.3 is 9.72 Å². The Labute approximate surface area is 117 Å². The zero-order valence-electron chi connectivity index (χ0n) is 11.4. The number of esters is 1. The highest BCUT2D eigenvalue weighted by Gasteiger charge is 2.20. The van der Waals surface area contributed by atoms with Crippen LogP contribution in [0.5, 0.6) is 0 Å². The fourth-order valence-electron chi connectivity index (χ4n) is 2.57. The lowest BCUT2D eigenvalue weighted by molar-refractivity contribution is 0.0596. The van der Waals surface area contributed by atoms with Gasteiger partial charge in [-0.25, -0.2) is 4.79 Å². The molecule has 100 valence electrons. The molecule has 0 amide bonds. The van der Waals surface area contributed by atoms with E-state index in [0.717, 1.165) is 27.6 Å². The molecule has 0 saturated carbocycles. The lowest BCUT2D eigenvalue weighted by atomic mass is 9.99. The van der Waals surface area contributed by atoms with E-state index < -0.39 is 0 Å². The van der Waals surface area contributed by atoms with Crippen molar-refractivity contribution in [2.24, 2.45) is 0 Å². The predicted octanol–water partition coefficient (Wildman–Crippen LogP) is 3.93. The minimum atomic E-state index is -0.348. The number of carbonyl (C=O) groups excluding carboxylic acids is 1. The standard InChI is InChI=1S/C17H15NO2/c1-11-7-6-10-13-14(11)15(12-8-4-3-5-9-12)16(18-13)17(19)20-2/h3-10,18H,1-2H3. The number of benzene rings is 2. The van der Waals surface area contributed by atoms with E-state index in [9.17, 15) is 4.79 Å². The number of aromatic nitrogens is 1. The van der Waals surface area contributed by atoms with Crippen LogP contribution in [0.25, 0.3) is 22.0 Å². The average Bonchev–Trinajstić information content (AvgIpc) is 2.88. The molecule has 3 rings (SSSR count). The molecule has 2 aromatic carbocycles. The van der Waals surface area contributed by atoms with E-state index in [2.05, 4.69) is 4.98 Å². The van der Waals surface area contributed by atoms with E-state index in [4.69, 9.17) is 4.74 Å². The van der Waals surface area contributed by atoms with Crippen LogP contribution in [0.15, 0.2) is 48.5 Å². The highest BCUT2D eigenvalue weighted by atomic mass is 16.5. The fourth-order valence-corrected chi connectivity index (χ4v) is 2.57. The second-order valence-corrected chi connectivity index (χ2v) is 4.73. The lowest BCUT2D eigenvalue weighted by Crippen LogP contribution is -2.03. The first-order valence-electron chi connectivity index (χ1n) is 6.47. The van der Waals surface area contributed by atoms with Crippen molar-refractivity contribution in [3.8, 4) is 11.1 Å². The second kappa shape index (κ2) is 4.85. The Bertz CT molecular complexity index is 772. The Kier molecular flexibility index (Phi) is 3.03. The van der Waals surface area contributed by atoms with Gasteiger partial charge in [0.25, 0.3) is 0 Å². The summed E-state index contributed by atoms with van der Waals surface area (Å²) in [5.41, 5.74) is 4.50. The molecule has 0 aliphatic carbocycles. The van der Waals surface area contributed by atoms with Crippen molar-refractivity contribution in [1.82, 2.24) is 4.98 Å². The molecular weight excluding hydrogens is 250 g/mol. The van der Waals surface area contributed by atoms with Crippen LogP contribution < -0.4 is 0 Å². The molecule has 0 radical (unpaired) electrons. The number of carbonyl (C=O) groups is 1. The third kappa shape index (κ3) is 1.88. The summed E-state index contributed by atoms with van der Waals surface area (Å²) in [7, 11) is 1.40. The number of methoxy groups -OCH3 is 1.